The minimum atomic E-state index is 0.123. The molecule has 6 heteroatoms. The van der Waals surface area contributed by atoms with E-state index in [2.05, 4.69) is 15.3 Å². The van der Waals surface area contributed by atoms with Gasteiger partial charge in [0.15, 0.2) is 11.5 Å². The van der Waals surface area contributed by atoms with E-state index in [4.69, 9.17) is 16.3 Å². The molecule has 3 N–H and O–H groups in total. The van der Waals surface area contributed by atoms with E-state index in [-0.39, 0.29) is 5.75 Å². The Hall–Kier alpha value is -1.72. The summed E-state index contributed by atoms with van der Waals surface area (Å²) in [6, 6.07) is 3.31. The van der Waals surface area contributed by atoms with Crippen LogP contribution in [0.1, 0.15) is 11.4 Å². The molecule has 0 spiro atoms. The molecule has 102 valence electrons. The lowest BCUT2D eigenvalue weighted by atomic mass is 10.2. The van der Waals surface area contributed by atoms with Crippen molar-refractivity contribution in [2.45, 2.75) is 13.0 Å². The summed E-state index contributed by atoms with van der Waals surface area (Å²) in [6.45, 7) is 1.27. The van der Waals surface area contributed by atoms with Crippen LogP contribution in [0.4, 0.5) is 0 Å². The summed E-state index contributed by atoms with van der Waals surface area (Å²) >= 11 is 5.96. The molecule has 0 aliphatic heterocycles. The molecule has 0 bridgehead atoms. The molecule has 2 rings (SSSR count). The zero-order valence-corrected chi connectivity index (χ0v) is 11.4. The molecule has 0 amide bonds. The highest BCUT2D eigenvalue weighted by Gasteiger charge is 2.09. The molecule has 0 saturated carbocycles. The van der Waals surface area contributed by atoms with Gasteiger partial charge in [0.05, 0.1) is 7.11 Å². The summed E-state index contributed by atoms with van der Waals surface area (Å²) in [6.07, 6.45) is 4.32. The Bertz CT molecular complexity index is 529. The van der Waals surface area contributed by atoms with Crippen LogP contribution in [0.25, 0.3) is 0 Å². The molecule has 19 heavy (non-hydrogen) atoms. The number of H-pyrrole nitrogens is 1. The Morgan fingerprint density at radius 3 is 3.00 bits per heavy atom. The van der Waals surface area contributed by atoms with Crippen LogP contribution < -0.4 is 10.1 Å². The molecule has 1 aromatic carbocycles. The van der Waals surface area contributed by atoms with Crippen molar-refractivity contribution < 1.29 is 9.84 Å². The maximum atomic E-state index is 9.95. The van der Waals surface area contributed by atoms with Gasteiger partial charge in [-0.3, -0.25) is 0 Å². The van der Waals surface area contributed by atoms with Gasteiger partial charge in [-0.05, 0) is 6.07 Å². The van der Waals surface area contributed by atoms with E-state index < -0.39 is 0 Å². The fourth-order valence-electron chi connectivity index (χ4n) is 1.78. The monoisotopic (exact) mass is 281 g/mol. The number of hydrogen-bond acceptors (Lipinski definition) is 4. The van der Waals surface area contributed by atoms with Crippen molar-refractivity contribution in [2.24, 2.45) is 0 Å². The van der Waals surface area contributed by atoms with Crippen molar-refractivity contribution in [1.82, 2.24) is 15.3 Å². The van der Waals surface area contributed by atoms with Crippen molar-refractivity contribution in [3.05, 3.63) is 40.9 Å². The topological polar surface area (TPSA) is 70.2 Å². The van der Waals surface area contributed by atoms with E-state index in [9.17, 15) is 5.11 Å². The molecule has 0 aliphatic rings. The van der Waals surface area contributed by atoms with Gasteiger partial charge in [0.1, 0.15) is 5.82 Å². The summed E-state index contributed by atoms with van der Waals surface area (Å²) < 4.78 is 5.05. The highest BCUT2D eigenvalue weighted by atomic mass is 35.5. The molecule has 1 heterocycles. The van der Waals surface area contributed by atoms with Crippen LogP contribution in [0.2, 0.25) is 5.02 Å². The van der Waals surface area contributed by atoms with Crippen molar-refractivity contribution in [3.63, 3.8) is 0 Å². The van der Waals surface area contributed by atoms with Gasteiger partial charge in [0.25, 0.3) is 0 Å². The van der Waals surface area contributed by atoms with Crippen LogP contribution in [0.15, 0.2) is 24.5 Å². The van der Waals surface area contributed by atoms with Crippen LogP contribution in [-0.4, -0.2) is 28.7 Å². The minimum Gasteiger partial charge on any atom is -0.504 e. The number of nitrogens with zero attached hydrogens (tertiary/aromatic N) is 1. The van der Waals surface area contributed by atoms with E-state index in [1.54, 1.807) is 24.5 Å². The largest absolute Gasteiger partial charge is 0.504 e. The average Bonchev–Trinajstić information content (AvgIpc) is 2.91. The van der Waals surface area contributed by atoms with E-state index in [1.807, 2.05) is 0 Å². The molecule has 0 aliphatic carbocycles. The molecule has 0 radical (unpaired) electrons. The molecule has 1 aromatic heterocycles. The summed E-state index contributed by atoms with van der Waals surface area (Å²) in [5.74, 6) is 1.44. The van der Waals surface area contributed by atoms with Crippen LogP contribution in [-0.2, 0) is 13.0 Å². The highest BCUT2D eigenvalue weighted by Crippen LogP contribution is 2.33. The van der Waals surface area contributed by atoms with Gasteiger partial charge in [0.2, 0.25) is 0 Å². The van der Waals surface area contributed by atoms with E-state index in [1.165, 1.54) is 7.11 Å². The standard InChI is InChI=1S/C13H16ClN3O2/c1-19-11-7-10(14)6-9(13(11)18)8-15-3-2-12-16-4-5-17-12/h4-7,15,18H,2-3,8H2,1H3,(H,16,17). The highest BCUT2D eigenvalue weighted by molar-refractivity contribution is 6.30. The predicted molar refractivity (Wildman–Crippen MR) is 73.7 cm³/mol. The number of methoxy groups -OCH3 is 1. The normalized spacial score (nSPS) is 10.6. The molecule has 0 unspecified atom stereocenters. The van der Waals surface area contributed by atoms with Crippen LogP contribution in [0, 0.1) is 0 Å². The first-order chi connectivity index (χ1) is 9.20. The van der Waals surface area contributed by atoms with Crippen molar-refractivity contribution >= 4 is 11.6 Å². The van der Waals surface area contributed by atoms with Gasteiger partial charge < -0.3 is 20.1 Å². The second kappa shape index (κ2) is 6.45. The number of phenols is 1. The molecule has 2 aromatic rings. The lowest BCUT2D eigenvalue weighted by Gasteiger charge is -2.10. The molecule has 0 atom stereocenters. The van der Waals surface area contributed by atoms with E-state index in [0.29, 0.717) is 22.9 Å². The summed E-state index contributed by atoms with van der Waals surface area (Å²) in [5.41, 5.74) is 0.712. The summed E-state index contributed by atoms with van der Waals surface area (Å²) in [5, 5.41) is 13.7. The number of aromatic hydroxyl groups is 1. The van der Waals surface area contributed by atoms with E-state index >= 15 is 0 Å². The summed E-state index contributed by atoms with van der Waals surface area (Å²) in [7, 11) is 1.50. The quantitative estimate of drug-likeness (QED) is 0.709. The smallest absolute Gasteiger partial charge is 0.162 e. The maximum absolute atomic E-state index is 9.95. The first-order valence-electron chi connectivity index (χ1n) is 5.95. The van der Waals surface area contributed by atoms with Crippen molar-refractivity contribution in [3.8, 4) is 11.5 Å². The molecular formula is C13H16ClN3O2. The van der Waals surface area contributed by atoms with Crippen LogP contribution >= 0.6 is 11.6 Å². The number of rotatable bonds is 6. The SMILES string of the molecule is COc1cc(Cl)cc(CNCCc2ncc[nH]2)c1O. The second-order valence-corrected chi connectivity index (χ2v) is 4.51. The number of aromatic amines is 1. The lowest BCUT2D eigenvalue weighted by molar-refractivity contribution is 0.369. The third-order valence-corrected chi connectivity index (χ3v) is 2.97. The van der Waals surface area contributed by atoms with Gasteiger partial charge in [-0.1, -0.05) is 11.6 Å². The minimum absolute atomic E-state index is 0.123. The van der Waals surface area contributed by atoms with Crippen LogP contribution in [0.5, 0.6) is 11.5 Å². The molecule has 0 saturated heterocycles. The van der Waals surface area contributed by atoms with Crippen LogP contribution in [0.3, 0.4) is 0 Å². The number of benzene rings is 1. The number of imidazole rings is 1. The Labute approximate surface area is 116 Å². The van der Waals surface area contributed by atoms with Crippen molar-refractivity contribution in [2.75, 3.05) is 13.7 Å². The number of hydrogen-bond donors (Lipinski definition) is 3. The third-order valence-electron chi connectivity index (χ3n) is 2.75. The average molecular weight is 282 g/mol. The number of ether oxygens (including phenoxy) is 1. The molecule has 5 nitrogen and oxygen atoms in total. The Morgan fingerprint density at radius 1 is 1.47 bits per heavy atom. The fourth-order valence-corrected chi connectivity index (χ4v) is 2.01. The lowest BCUT2D eigenvalue weighted by Crippen LogP contribution is -2.17. The van der Waals surface area contributed by atoms with Crippen molar-refractivity contribution in [1.29, 1.82) is 0 Å². The second-order valence-electron chi connectivity index (χ2n) is 4.08. The Kier molecular flexibility index (Phi) is 4.65. The Morgan fingerprint density at radius 2 is 2.32 bits per heavy atom. The maximum Gasteiger partial charge on any atom is 0.162 e. The third kappa shape index (κ3) is 3.62. The first-order valence-corrected chi connectivity index (χ1v) is 6.33. The number of halogens is 1. The van der Waals surface area contributed by atoms with E-state index in [0.717, 1.165) is 18.8 Å². The van der Waals surface area contributed by atoms with Gasteiger partial charge in [-0.25, -0.2) is 4.98 Å². The van der Waals surface area contributed by atoms with Gasteiger partial charge in [0, 0.05) is 48.6 Å². The predicted octanol–water partition coefficient (Wildman–Crippen LogP) is 2.11. The Balaban J connectivity index is 1.90. The fraction of sp³-hybridized carbons (Fsp3) is 0.308. The van der Waals surface area contributed by atoms with Gasteiger partial charge in [-0.15, -0.1) is 0 Å². The zero-order chi connectivity index (χ0) is 13.7. The number of phenolic OH excluding ortho intramolecular Hbond substituents is 1. The zero-order valence-electron chi connectivity index (χ0n) is 10.6. The van der Waals surface area contributed by atoms with Gasteiger partial charge >= 0.3 is 0 Å². The first kappa shape index (κ1) is 13.7. The number of nitrogens with one attached hydrogen (secondary N) is 2. The molecule has 0 fully saturated rings. The van der Waals surface area contributed by atoms with Gasteiger partial charge in [-0.2, -0.15) is 0 Å². The number of aromatic nitrogens is 2. The molecular weight excluding hydrogens is 266 g/mol. The summed E-state index contributed by atoms with van der Waals surface area (Å²) in [4.78, 5) is 7.17.